The number of nitrogens with zero attached hydrogens (tertiary/aromatic N) is 2. The quantitative estimate of drug-likeness (QED) is 0.830. The van der Waals surface area contributed by atoms with E-state index in [1.54, 1.807) is 18.2 Å². The Hall–Kier alpha value is -2.96. The molecule has 0 aliphatic carbocycles. The van der Waals surface area contributed by atoms with Gasteiger partial charge in [0, 0.05) is 24.7 Å². The van der Waals surface area contributed by atoms with Crippen molar-refractivity contribution < 1.29 is 19.4 Å². The number of ketones is 1. The molecule has 20 heavy (non-hydrogen) atoms. The van der Waals surface area contributed by atoms with E-state index in [0.717, 1.165) is 0 Å². The van der Waals surface area contributed by atoms with Crippen LogP contribution in [0.2, 0.25) is 0 Å². The van der Waals surface area contributed by atoms with E-state index in [-0.39, 0.29) is 17.4 Å². The largest absolute Gasteiger partial charge is 0.465 e. The molecule has 2 aromatic rings. The lowest BCUT2D eigenvalue weighted by Gasteiger charge is -2.07. The predicted molar refractivity (Wildman–Crippen MR) is 70.2 cm³/mol. The zero-order valence-electron chi connectivity index (χ0n) is 10.5. The summed E-state index contributed by atoms with van der Waals surface area (Å²) in [5, 5.41) is 10.8. The SMILES string of the molecule is CC(=O)c1cc(Oc2cccc(NC(=O)O)c2)ncn1. The molecule has 102 valence electrons. The number of amides is 1. The third-order valence-electron chi connectivity index (χ3n) is 2.31. The maximum atomic E-state index is 11.2. The summed E-state index contributed by atoms with van der Waals surface area (Å²) in [5.74, 6) is 0.403. The first-order valence-electron chi connectivity index (χ1n) is 5.65. The first-order valence-corrected chi connectivity index (χ1v) is 5.65. The molecule has 2 rings (SSSR count). The molecule has 1 amide bonds. The van der Waals surface area contributed by atoms with E-state index in [4.69, 9.17) is 9.84 Å². The third-order valence-corrected chi connectivity index (χ3v) is 2.31. The molecular weight excluding hydrogens is 262 g/mol. The minimum Gasteiger partial charge on any atom is -0.465 e. The Morgan fingerprint density at radius 3 is 2.75 bits per heavy atom. The van der Waals surface area contributed by atoms with Gasteiger partial charge in [0.15, 0.2) is 5.78 Å². The van der Waals surface area contributed by atoms with Crippen molar-refractivity contribution in [2.75, 3.05) is 5.32 Å². The average Bonchev–Trinajstić information content (AvgIpc) is 2.38. The summed E-state index contributed by atoms with van der Waals surface area (Å²) in [7, 11) is 0. The minimum atomic E-state index is -1.16. The van der Waals surface area contributed by atoms with Gasteiger partial charge in [0.05, 0.1) is 0 Å². The number of ether oxygens (including phenoxy) is 1. The van der Waals surface area contributed by atoms with Gasteiger partial charge in [-0.25, -0.2) is 14.8 Å². The van der Waals surface area contributed by atoms with E-state index in [0.29, 0.717) is 11.4 Å². The lowest BCUT2D eigenvalue weighted by atomic mass is 10.3. The Bertz CT molecular complexity index is 658. The van der Waals surface area contributed by atoms with Crippen molar-refractivity contribution in [3.63, 3.8) is 0 Å². The van der Waals surface area contributed by atoms with E-state index >= 15 is 0 Å². The molecule has 0 unspecified atom stereocenters. The summed E-state index contributed by atoms with van der Waals surface area (Å²) in [5.41, 5.74) is 0.616. The van der Waals surface area contributed by atoms with Crippen LogP contribution in [-0.4, -0.2) is 27.0 Å². The van der Waals surface area contributed by atoms with Crippen LogP contribution < -0.4 is 10.1 Å². The zero-order valence-corrected chi connectivity index (χ0v) is 10.5. The van der Waals surface area contributed by atoms with Crippen molar-refractivity contribution in [1.29, 1.82) is 0 Å². The smallest absolute Gasteiger partial charge is 0.409 e. The molecule has 0 aliphatic heterocycles. The van der Waals surface area contributed by atoms with Crippen molar-refractivity contribution in [2.24, 2.45) is 0 Å². The molecule has 1 heterocycles. The molecule has 1 aromatic carbocycles. The fourth-order valence-corrected chi connectivity index (χ4v) is 1.47. The molecule has 0 saturated carbocycles. The number of aromatic nitrogens is 2. The second-order valence-corrected chi connectivity index (χ2v) is 3.86. The van der Waals surface area contributed by atoms with Crippen LogP contribution in [0.25, 0.3) is 0 Å². The van der Waals surface area contributed by atoms with Crippen molar-refractivity contribution in [2.45, 2.75) is 6.92 Å². The standard InChI is InChI=1S/C13H11N3O4/c1-8(17)11-6-12(15-7-14-11)20-10-4-2-3-9(5-10)16-13(18)19/h2-7,16H,1H3,(H,18,19). The molecule has 7 nitrogen and oxygen atoms in total. The van der Waals surface area contributed by atoms with Gasteiger partial charge in [-0.15, -0.1) is 0 Å². The van der Waals surface area contributed by atoms with Crippen molar-refractivity contribution in [3.05, 3.63) is 42.4 Å². The van der Waals surface area contributed by atoms with Crippen molar-refractivity contribution in [3.8, 4) is 11.6 Å². The lowest BCUT2D eigenvalue weighted by molar-refractivity contribution is 0.101. The van der Waals surface area contributed by atoms with Gasteiger partial charge in [-0.3, -0.25) is 10.1 Å². The highest BCUT2D eigenvalue weighted by molar-refractivity contribution is 5.92. The first-order chi connectivity index (χ1) is 9.54. The molecule has 2 N–H and O–H groups in total. The molecule has 0 spiro atoms. The lowest BCUT2D eigenvalue weighted by Crippen LogP contribution is -2.06. The molecule has 0 saturated heterocycles. The third kappa shape index (κ3) is 3.52. The zero-order chi connectivity index (χ0) is 14.5. The van der Waals surface area contributed by atoms with E-state index in [2.05, 4.69) is 15.3 Å². The summed E-state index contributed by atoms with van der Waals surface area (Å²) < 4.78 is 5.46. The Kier molecular flexibility index (Phi) is 3.90. The number of carboxylic acid groups (broad SMARTS) is 1. The Balaban J connectivity index is 2.19. The highest BCUT2D eigenvalue weighted by atomic mass is 16.5. The fraction of sp³-hybridized carbons (Fsp3) is 0.0769. The normalized spacial score (nSPS) is 9.85. The number of rotatable bonds is 4. The molecule has 0 atom stereocenters. The van der Waals surface area contributed by atoms with Gasteiger partial charge in [-0.05, 0) is 12.1 Å². The Labute approximate surface area is 114 Å². The topological polar surface area (TPSA) is 101 Å². The van der Waals surface area contributed by atoms with Crippen molar-refractivity contribution in [1.82, 2.24) is 9.97 Å². The maximum Gasteiger partial charge on any atom is 0.409 e. The summed E-state index contributed by atoms with van der Waals surface area (Å²) in [6.07, 6.45) is 0.0638. The van der Waals surface area contributed by atoms with Gasteiger partial charge < -0.3 is 9.84 Å². The van der Waals surface area contributed by atoms with Gasteiger partial charge in [-0.1, -0.05) is 6.07 Å². The minimum absolute atomic E-state index is 0.196. The number of hydrogen-bond donors (Lipinski definition) is 2. The van der Waals surface area contributed by atoms with Crippen LogP contribution in [0.5, 0.6) is 11.6 Å². The second kappa shape index (κ2) is 5.79. The van der Waals surface area contributed by atoms with Crippen LogP contribution in [0.4, 0.5) is 10.5 Å². The number of nitrogens with one attached hydrogen (secondary N) is 1. The van der Waals surface area contributed by atoms with Gasteiger partial charge in [0.2, 0.25) is 5.88 Å². The molecule has 0 aliphatic rings. The maximum absolute atomic E-state index is 11.2. The van der Waals surface area contributed by atoms with Crippen LogP contribution in [0, 0.1) is 0 Å². The molecule has 0 bridgehead atoms. The molecule has 0 fully saturated rings. The van der Waals surface area contributed by atoms with Gasteiger partial charge in [-0.2, -0.15) is 0 Å². The van der Waals surface area contributed by atoms with Gasteiger partial charge in [0.1, 0.15) is 17.8 Å². The summed E-state index contributed by atoms with van der Waals surface area (Å²) >= 11 is 0. The summed E-state index contributed by atoms with van der Waals surface area (Å²) in [4.78, 5) is 29.4. The van der Waals surface area contributed by atoms with Crippen LogP contribution >= 0.6 is 0 Å². The highest BCUT2D eigenvalue weighted by Crippen LogP contribution is 2.22. The predicted octanol–water partition coefficient (Wildman–Crippen LogP) is 2.56. The van der Waals surface area contributed by atoms with E-state index in [1.807, 2.05) is 0 Å². The van der Waals surface area contributed by atoms with Gasteiger partial charge >= 0.3 is 6.09 Å². The molecule has 7 heteroatoms. The summed E-state index contributed by atoms with van der Waals surface area (Å²) in [6, 6.07) is 7.78. The number of carbonyl (C=O) groups excluding carboxylic acids is 1. The Morgan fingerprint density at radius 2 is 2.05 bits per heavy atom. The first kappa shape index (κ1) is 13.5. The Morgan fingerprint density at radius 1 is 1.25 bits per heavy atom. The van der Waals surface area contributed by atoms with Crippen LogP contribution in [0.1, 0.15) is 17.4 Å². The molecule has 1 aromatic heterocycles. The number of hydrogen-bond acceptors (Lipinski definition) is 5. The number of benzene rings is 1. The van der Waals surface area contributed by atoms with Crippen LogP contribution in [-0.2, 0) is 0 Å². The van der Waals surface area contributed by atoms with Gasteiger partial charge in [0.25, 0.3) is 0 Å². The van der Waals surface area contributed by atoms with E-state index in [9.17, 15) is 9.59 Å². The number of carbonyl (C=O) groups is 2. The van der Waals surface area contributed by atoms with E-state index < -0.39 is 6.09 Å². The molecule has 0 radical (unpaired) electrons. The average molecular weight is 273 g/mol. The van der Waals surface area contributed by atoms with Crippen LogP contribution in [0.15, 0.2) is 36.7 Å². The highest BCUT2D eigenvalue weighted by Gasteiger charge is 2.06. The summed E-state index contributed by atoms with van der Waals surface area (Å²) in [6.45, 7) is 1.39. The van der Waals surface area contributed by atoms with Crippen molar-refractivity contribution >= 4 is 17.6 Å². The number of anilines is 1. The fourth-order valence-electron chi connectivity index (χ4n) is 1.47. The number of Topliss-reactive ketones (excluding diaryl/α,β-unsaturated/α-hetero) is 1. The second-order valence-electron chi connectivity index (χ2n) is 3.86. The van der Waals surface area contributed by atoms with E-state index in [1.165, 1.54) is 25.4 Å². The van der Waals surface area contributed by atoms with Crippen LogP contribution in [0.3, 0.4) is 0 Å². The molecular formula is C13H11N3O4. The monoisotopic (exact) mass is 273 g/mol.